The Morgan fingerprint density at radius 2 is 1.76 bits per heavy atom. The largest absolute Gasteiger partial charge is 0.444 e. The van der Waals surface area contributed by atoms with Gasteiger partial charge in [0.25, 0.3) is 0 Å². The molecule has 0 atom stereocenters. The maximum Gasteiger partial charge on any atom is 0.410 e. The molecule has 1 fully saturated rings. The van der Waals surface area contributed by atoms with Crippen LogP contribution in [0.2, 0.25) is 0 Å². The number of alkyl halides is 2. The summed E-state index contributed by atoms with van der Waals surface area (Å²) in [6.45, 7) is 4.55. The molecule has 122 valence electrons. The molecule has 0 aliphatic carbocycles. The van der Waals surface area contributed by atoms with E-state index in [-0.39, 0.29) is 0 Å². The summed E-state index contributed by atoms with van der Waals surface area (Å²) >= 11 is 0. The van der Waals surface area contributed by atoms with Gasteiger partial charge in [-0.05, 0) is 40.0 Å². The maximum atomic E-state index is 12.2. The van der Waals surface area contributed by atoms with E-state index in [1.807, 2.05) is 0 Å². The Balaban J connectivity index is 2.64. The molecule has 1 heterocycles. The van der Waals surface area contributed by atoms with Crippen LogP contribution >= 0.6 is 0 Å². The van der Waals surface area contributed by atoms with Crippen LogP contribution < -0.4 is 0 Å². The normalized spacial score (nSPS) is 18.5. The number of ether oxygens (including phenoxy) is 2. The highest BCUT2D eigenvalue weighted by Gasteiger charge is 2.43. The molecule has 21 heavy (non-hydrogen) atoms. The summed E-state index contributed by atoms with van der Waals surface area (Å²) in [5, 5.41) is 0. The number of piperidine rings is 1. The van der Waals surface area contributed by atoms with Crippen molar-refractivity contribution in [3.05, 3.63) is 0 Å². The molecule has 0 saturated carbocycles. The zero-order chi connectivity index (χ0) is 16.3. The topological polar surface area (TPSA) is 55.8 Å². The minimum atomic E-state index is -3.11. The third-order valence-electron chi connectivity index (χ3n) is 3.68. The standard InChI is InChI=1S/C14H23F2NO4/c1-5-14(10(18)20-11(15)16)6-8-17(9-7-14)12(19)21-13(2,3)4/h11H,5-9H2,1-4H3. The predicted octanol–water partition coefficient (Wildman–Crippen LogP) is 3.18. The Morgan fingerprint density at radius 1 is 1.24 bits per heavy atom. The zero-order valence-electron chi connectivity index (χ0n) is 12.9. The van der Waals surface area contributed by atoms with Gasteiger partial charge in [-0.1, -0.05) is 6.92 Å². The summed E-state index contributed by atoms with van der Waals surface area (Å²) in [5.41, 5.74) is -1.53. The van der Waals surface area contributed by atoms with Gasteiger partial charge in [-0.25, -0.2) is 4.79 Å². The second-order valence-electron chi connectivity index (χ2n) is 6.27. The lowest BCUT2D eigenvalue weighted by atomic mass is 9.76. The van der Waals surface area contributed by atoms with E-state index in [1.54, 1.807) is 27.7 Å². The van der Waals surface area contributed by atoms with Crippen molar-refractivity contribution in [3.8, 4) is 0 Å². The minimum Gasteiger partial charge on any atom is -0.444 e. The lowest BCUT2D eigenvalue weighted by molar-refractivity contribution is -0.191. The third-order valence-corrected chi connectivity index (χ3v) is 3.68. The maximum absolute atomic E-state index is 12.2. The molecule has 0 bridgehead atoms. The number of halogens is 2. The number of rotatable bonds is 3. The molecule has 0 aromatic carbocycles. The van der Waals surface area contributed by atoms with Gasteiger partial charge in [0.2, 0.25) is 0 Å². The van der Waals surface area contributed by atoms with E-state index in [0.717, 1.165) is 0 Å². The molecule has 7 heteroatoms. The van der Waals surface area contributed by atoms with Crippen molar-refractivity contribution in [2.75, 3.05) is 13.1 Å². The first kappa shape index (κ1) is 17.7. The molecule has 1 amide bonds. The number of esters is 1. The Labute approximate surface area is 123 Å². The van der Waals surface area contributed by atoms with Gasteiger partial charge in [0, 0.05) is 13.1 Å². The average molecular weight is 307 g/mol. The molecule has 5 nitrogen and oxygen atoms in total. The number of hydrogen-bond donors (Lipinski definition) is 0. The Morgan fingerprint density at radius 3 is 2.14 bits per heavy atom. The van der Waals surface area contributed by atoms with E-state index in [9.17, 15) is 18.4 Å². The second kappa shape index (κ2) is 6.58. The monoisotopic (exact) mass is 307 g/mol. The highest BCUT2D eigenvalue weighted by Crippen LogP contribution is 2.37. The fraction of sp³-hybridized carbons (Fsp3) is 0.857. The SMILES string of the molecule is CCC1(C(=O)OC(F)F)CCN(C(=O)OC(C)(C)C)CC1. The number of carbonyl (C=O) groups is 2. The lowest BCUT2D eigenvalue weighted by Gasteiger charge is -2.39. The van der Waals surface area contributed by atoms with Crippen LogP contribution in [0.3, 0.4) is 0 Å². The summed E-state index contributed by atoms with van der Waals surface area (Å²) in [4.78, 5) is 25.3. The van der Waals surface area contributed by atoms with Gasteiger partial charge in [-0.3, -0.25) is 4.79 Å². The second-order valence-corrected chi connectivity index (χ2v) is 6.27. The third kappa shape index (κ3) is 4.82. The zero-order valence-corrected chi connectivity index (χ0v) is 12.9. The molecular weight excluding hydrogens is 284 g/mol. The fourth-order valence-corrected chi connectivity index (χ4v) is 2.35. The average Bonchev–Trinajstić information content (AvgIpc) is 2.36. The van der Waals surface area contributed by atoms with Crippen molar-refractivity contribution in [1.29, 1.82) is 0 Å². The number of likely N-dealkylation sites (tertiary alicyclic amines) is 1. The Bertz CT molecular complexity index is 385. The molecule has 1 saturated heterocycles. The summed E-state index contributed by atoms with van der Waals surface area (Å²) in [6.07, 6.45) is 0.554. The highest BCUT2D eigenvalue weighted by molar-refractivity contribution is 5.77. The highest BCUT2D eigenvalue weighted by atomic mass is 19.3. The van der Waals surface area contributed by atoms with Crippen molar-refractivity contribution in [2.45, 2.75) is 59.2 Å². The molecule has 1 aliphatic rings. The lowest BCUT2D eigenvalue weighted by Crippen LogP contribution is -2.48. The Kier molecular flexibility index (Phi) is 5.53. The van der Waals surface area contributed by atoms with Gasteiger partial charge >= 0.3 is 18.7 Å². The summed E-state index contributed by atoms with van der Waals surface area (Å²) in [6, 6.07) is 0. The van der Waals surface area contributed by atoms with Crippen LogP contribution in [0.15, 0.2) is 0 Å². The smallest absolute Gasteiger partial charge is 0.410 e. The van der Waals surface area contributed by atoms with E-state index in [0.29, 0.717) is 32.4 Å². The van der Waals surface area contributed by atoms with Crippen LogP contribution in [-0.4, -0.2) is 42.3 Å². The first-order valence-corrected chi connectivity index (χ1v) is 7.07. The van der Waals surface area contributed by atoms with Crippen LogP contribution in [0.1, 0.15) is 47.0 Å². The van der Waals surface area contributed by atoms with Crippen LogP contribution in [-0.2, 0) is 14.3 Å². The van der Waals surface area contributed by atoms with Gasteiger partial charge in [0.1, 0.15) is 5.60 Å². The molecule has 0 spiro atoms. The minimum absolute atomic E-state index is 0.293. The first-order valence-electron chi connectivity index (χ1n) is 7.07. The van der Waals surface area contributed by atoms with Gasteiger partial charge in [-0.2, -0.15) is 8.78 Å². The molecule has 0 N–H and O–H groups in total. The van der Waals surface area contributed by atoms with Gasteiger partial charge in [0.15, 0.2) is 0 Å². The summed E-state index contributed by atoms with van der Waals surface area (Å²) < 4.78 is 33.7. The molecule has 0 aromatic rings. The van der Waals surface area contributed by atoms with Gasteiger partial charge < -0.3 is 14.4 Å². The Hall–Kier alpha value is -1.40. The van der Waals surface area contributed by atoms with Crippen LogP contribution in [0.25, 0.3) is 0 Å². The number of hydrogen-bond acceptors (Lipinski definition) is 4. The van der Waals surface area contributed by atoms with E-state index >= 15 is 0 Å². The molecule has 1 aliphatic heterocycles. The first-order chi connectivity index (χ1) is 9.59. The van der Waals surface area contributed by atoms with E-state index in [4.69, 9.17) is 4.74 Å². The number of amides is 1. The van der Waals surface area contributed by atoms with E-state index in [2.05, 4.69) is 4.74 Å². The molecule has 0 unspecified atom stereocenters. The summed E-state index contributed by atoms with van der Waals surface area (Å²) in [7, 11) is 0. The van der Waals surface area contributed by atoms with Crippen molar-refractivity contribution in [2.24, 2.45) is 5.41 Å². The van der Waals surface area contributed by atoms with Crippen LogP contribution in [0.4, 0.5) is 13.6 Å². The van der Waals surface area contributed by atoms with Gasteiger partial charge in [-0.15, -0.1) is 0 Å². The molecular formula is C14H23F2NO4. The predicted molar refractivity (Wildman–Crippen MR) is 71.9 cm³/mol. The molecule has 0 aromatic heterocycles. The fourth-order valence-electron chi connectivity index (χ4n) is 2.35. The summed E-state index contributed by atoms with van der Waals surface area (Å²) in [5.74, 6) is -0.885. The van der Waals surface area contributed by atoms with Crippen molar-refractivity contribution >= 4 is 12.1 Å². The van der Waals surface area contributed by atoms with Crippen LogP contribution in [0, 0.1) is 5.41 Å². The quantitative estimate of drug-likeness (QED) is 0.751. The van der Waals surface area contributed by atoms with Crippen LogP contribution in [0.5, 0.6) is 0 Å². The van der Waals surface area contributed by atoms with Gasteiger partial charge in [0.05, 0.1) is 5.41 Å². The van der Waals surface area contributed by atoms with E-state index < -0.39 is 29.7 Å². The molecule has 0 radical (unpaired) electrons. The number of nitrogens with zero attached hydrogens (tertiary/aromatic N) is 1. The van der Waals surface area contributed by atoms with Crippen molar-refractivity contribution < 1.29 is 27.8 Å². The number of carbonyl (C=O) groups excluding carboxylic acids is 2. The van der Waals surface area contributed by atoms with E-state index in [1.165, 1.54) is 4.90 Å². The van der Waals surface area contributed by atoms with Crippen molar-refractivity contribution in [1.82, 2.24) is 4.90 Å². The molecule has 1 rings (SSSR count). The van der Waals surface area contributed by atoms with Crippen molar-refractivity contribution in [3.63, 3.8) is 0 Å².